The number of carboxylic acid groups (broad SMARTS) is 1. The summed E-state index contributed by atoms with van der Waals surface area (Å²) >= 11 is 5.86. The Balaban J connectivity index is 1.99. The molecule has 1 atom stereocenters. The Bertz CT molecular complexity index is 667. The highest BCUT2D eigenvalue weighted by Gasteiger charge is 2.20. The van der Waals surface area contributed by atoms with Crippen LogP contribution in [-0.4, -0.2) is 23.3 Å². The van der Waals surface area contributed by atoms with Crippen LogP contribution in [0.4, 0.5) is 0 Å². The van der Waals surface area contributed by atoms with Gasteiger partial charge in [-0.05, 0) is 49.2 Å². The van der Waals surface area contributed by atoms with Gasteiger partial charge in [-0.3, -0.25) is 0 Å². The van der Waals surface area contributed by atoms with Gasteiger partial charge in [-0.1, -0.05) is 35.9 Å². The van der Waals surface area contributed by atoms with Crippen molar-refractivity contribution in [2.45, 2.75) is 39.1 Å². The van der Waals surface area contributed by atoms with Crippen LogP contribution in [0.25, 0.3) is 0 Å². The molecular formula is C19H21ClO4. The summed E-state index contributed by atoms with van der Waals surface area (Å²) in [5, 5.41) is 9.95. The highest BCUT2D eigenvalue weighted by molar-refractivity contribution is 6.30. The van der Waals surface area contributed by atoms with Crippen molar-refractivity contribution >= 4 is 17.6 Å². The molecule has 5 heteroatoms. The SMILES string of the molecule is CC(C)O[C@@H](Cc1cccc(OCc2ccc(Cl)cc2)c1)C(=O)O. The number of hydrogen-bond donors (Lipinski definition) is 1. The first-order valence-corrected chi connectivity index (χ1v) is 8.16. The molecule has 0 radical (unpaired) electrons. The predicted molar refractivity (Wildman–Crippen MR) is 93.6 cm³/mol. The molecule has 0 aliphatic rings. The van der Waals surface area contributed by atoms with Crippen LogP contribution in [0, 0.1) is 0 Å². The lowest BCUT2D eigenvalue weighted by molar-refractivity contribution is -0.153. The van der Waals surface area contributed by atoms with Crippen molar-refractivity contribution in [1.82, 2.24) is 0 Å². The fourth-order valence-electron chi connectivity index (χ4n) is 2.25. The van der Waals surface area contributed by atoms with Crippen LogP contribution < -0.4 is 4.74 Å². The second-order valence-corrected chi connectivity index (χ2v) is 6.21. The normalized spacial score (nSPS) is 12.2. The average molecular weight is 349 g/mol. The molecule has 2 aromatic rings. The molecule has 0 fully saturated rings. The number of hydrogen-bond acceptors (Lipinski definition) is 3. The van der Waals surface area contributed by atoms with Crippen LogP contribution in [0.1, 0.15) is 25.0 Å². The molecular weight excluding hydrogens is 328 g/mol. The third-order valence-corrected chi connectivity index (χ3v) is 3.60. The summed E-state index contributed by atoms with van der Waals surface area (Å²) in [7, 11) is 0. The number of halogens is 1. The maximum absolute atomic E-state index is 11.3. The van der Waals surface area contributed by atoms with Crippen molar-refractivity contribution in [3.05, 3.63) is 64.7 Å². The molecule has 0 unspecified atom stereocenters. The van der Waals surface area contributed by atoms with E-state index in [-0.39, 0.29) is 6.10 Å². The summed E-state index contributed by atoms with van der Waals surface area (Å²) in [6, 6.07) is 14.9. The van der Waals surface area contributed by atoms with Crippen molar-refractivity contribution in [2.75, 3.05) is 0 Å². The second kappa shape index (κ2) is 8.71. The van der Waals surface area contributed by atoms with Gasteiger partial charge in [0.05, 0.1) is 6.10 Å². The molecule has 0 aliphatic heterocycles. The Morgan fingerprint density at radius 1 is 1.12 bits per heavy atom. The molecule has 0 spiro atoms. The maximum atomic E-state index is 11.3. The van der Waals surface area contributed by atoms with E-state index in [9.17, 15) is 9.90 Å². The Labute approximate surface area is 147 Å². The summed E-state index contributed by atoms with van der Waals surface area (Å²) in [6.45, 7) is 4.06. The van der Waals surface area contributed by atoms with E-state index in [0.29, 0.717) is 23.8 Å². The largest absolute Gasteiger partial charge is 0.489 e. The summed E-state index contributed by atoms with van der Waals surface area (Å²) in [5.74, 6) is -0.271. The number of aliphatic carboxylic acids is 1. The lowest BCUT2D eigenvalue weighted by Gasteiger charge is -2.17. The molecule has 0 heterocycles. The summed E-state index contributed by atoms with van der Waals surface area (Å²) in [4.78, 5) is 11.3. The monoisotopic (exact) mass is 348 g/mol. The van der Waals surface area contributed by atoms with Crippen molar-refractivity contribution in [2.24, 2.45) is 0 Å². The number of carbonyl (C=O) groups is 1. The van der Waals surface area contributed by atoms with Crippen LogP contribution in [0.3, 0.4) is 0 Å². The van der Waals surface area contributed by atoms with Crippen LogP contribution in [0.5, 0.6) is 5.75 Å². The zero-order valence-electron chi connectivity index (χ0n) is 13.7. The minimum absolute atomic E-state index is 0.143. The third-order valence-electron chi connectivity index (χ3n) is 3.35. The minimum atomic E-state index is -0.962. The molecule has 0 amide bonds. The van der Waals surface area contributed by atoms with E-state index in [1.807, 2.05) is 62.4 Å². The summed E-state index contributed by atoms with van der Waals surface area (Å²) < 4.78 is 11.2. The first kappa shape index (κ1) is 18.3. The minimum Gasteiger partial charge on any atom is -0.489 e. The van der Waals surface area contributed by atoms with Crippen molar-refractivity contribution in [1.29, 1.82) is 0 Å². The van der Waals surface area contributed by atoms with Gasteiger partial charge < -0.3 is 14.6 Å². The van der Waals surface area contributed by atoms with Gasteiger partial charge in [0.2, 0.25) is 0 Å². The van der Waals surface area contributed by atoms with Gasteiger partial charge in [0, 0.05) is 11.4 Å². The quantitative estimate of drug-likeness (QED) is 0.771. The lowest BCUT2D eigenvalue weighted by atomic mass is 10.1. The Morgan fingerprint density at radius 3 is 2.46 bits per heavy atom. The number of benzene rings is 2. The third kappa shape index (κ3) is 5.87. The number of ether oxygens (including phenoxy) is 2. The topological polar surface area (TPSA) is 55.8 Å². The van der Waals surface area contributed by atoms with Gasteiger partial charge in [0.15, 0.2) is 6.10 Å². The van der Waals surface area contributed by atoms with E-state index in [1.54, 1.807) is 0 Å². The van der Waals surface area contributed by atoms with Crippen LogP contribution in [0.2, 0.25) is 5.02 Å². The Kier molecular flexibility index (Phi) is 6.64. The highest BCUT2D eigenvalue weighted by Crippen LogP contribution is 2.18. The fraction of sp³-hybridized carbons (Fsp3) is 0.316. The zero-order valence-corrected chi connectivity index (χ0v) is 14.5. The van der Waals surface area contributed by atoms with E-state index in [4.69, 9.17) is 21.1 Å². The summed E-state index contributed by atoms with van der Waals surface area (Å²) in [5.41, 5.74) is 1.87. The smallest absolute Gasteiger partial charge is 0.333 e. The molecule has 2 aromatic carbocycles. The maximum Gasteiger partial charge on any atom is 0.333 e. The summed E-state index contributed by atoms with van der Waals surface area (Å²) in [6.07, 6.45) is -0.710. The van der Waals surface area contributed by atoms with E-state index < -0.39 is 12.1 Å². The van der Waals surface area contributed by atoms with Crippen LogP contribution in [-0.2, 0) is 22.6 Å². The average Bonchev–Trinajstić information content (AvgIpc) is 2.53. The zero-order chi connectivity index (χ0) is 17.5. The lowest BCUT2D eigenvalue weighted by Crippen LogP contribution is -2.29. The van der Waals surface area contributed by atoms with Crippen LogP contribution in [0.15, 0.2) is 48.5 Å². The van der Waals surface area contributed by atoms with Crippen LogP contribution >= 0.6 is 11.6 Å². The van der Waals surface area contributed by atoms with Gasteiger partial charge >= 0.3 is 5.97 Å². The number of carboxylic acids is 1. The van der Waals surface area contributed by atoms with Crippen molar-refractivity contribution in [3.63, 3.8) is 0 Å². The van der Waals surface area contributed by atoms with Crippen molar-refractivity contribution in [3.8, 4) is 5.75 Å². The Hall–Kier alpha value is -2.04. The fourth-order valence-corrected chi connectivity index (χ4v) is 2.37. The van der Waals surface area contributed by atoms with E-state index in [0.717, 1.165) is 11.1 Å². The van der Waals surface area contributed by atoms with Gasteiger partial charge in [0.25, 0.3) is 0 Å². The molecule has 128 valence electrons. The van der Waals surface area contributed by atoms with Crippen molar-refractivity contribution < 1.29 is 19.4 Å². The molecule has 2 rings (SSSR count). The van der Waals surface area contributed by atoms with Gasteiger partial charge in [-0.25, -0.2) is 4.79 Å². The number of rotatable bonds is 8. The predicted octanol–water partition coefficient (Wildman–Crippen LogP) is 4.34. The van der Waals surface area contributed by atoms with E-state index in [2.05, 4.69) is 0 Å². The molecule has 0 bridgehead atoms. The van der Waals surface area contributed by atoms with E-state index in [1.165, 1.54) is 0 Å². The molecule has 0 aromatic heterocycles. The first-order valence-electron chi connectivity index (χ1n) is 7.78. The first-order chi connectivity index (χ1) is 11.4. The molecule has 0 aliphatic carbocycles. The standard InChI is InChI=1S/C19H21ClO4/c1-13(2)24-18(19(21)22)11-15-4-3-5-17(10-15)23-12-14-6-8-16(20)9-7-14/h3-10,13,18H,11-12H2,1-2H3,(H,21,22)/t18-/m0/s1. The molecule has 0 saturated heterocycles. The Morgan fingerprint density at radius 2 is 1.83 bits per heavy atom. The molecule has 0 saturated carbocycles. The second-order valence-electron chi connectivity index (χ2n) is 5.78. The van der Waals surface area contributed by atoms with Gasteiger partial charge in [0.1, 0.15) is 12.4 Å². The molecule has 24 heavy (non-hydrogen) atoms. The molecule has 1 N–H and O–H groups in total. The van der Waals surface area contributed by atoms with Gasteiger partial charge in [-0.2, -0.15) is 0 Å². The van der Waals surface area contributed by atoms with Gasteiger partial charge in [-0.15, -0.1) is 0 Å². The molecule has 4 nitrogen and oxygen atoms in total. The highest BCUT2D eigenvalue weighted by atomic mass is 35.5. The van der Waals surface area contributed by atoms with E-state index >= 15 is 0 Å².